The van der Waals surface area contributed by atoms with Crippen molar-refractivity contribution in [1.82, 2.24) is 9.78 Å². The van der Waals surface area contributed by atoms with E-state index < -0.39 is 11.5 Å². The minimum atomic E-state index is -2.92. The van der Waals surface area contributed by atoms with Gasteiger partial charge in [-0.3, -0.25) is 19.6 Å². The van der Waals surface area contributed by atoms with Crippen LogP contribution < -0.4 is 10.1 Å². The Bertz CT molecular complexity index is 836. The van der Waals surface area contributed by atoms with Crippen molar-refractivity contribution in [2.75, 3.05) is 5.32 Å². The van der Waals surface area contributed by atoms with Crippen LogP contribution in [0.25, 0.3) is 0 Å². The second-order valence-electron chi connectivity index (χ2n) is 5.65. The lowest BCUT2D eigenvalue weighted by Gasteiger charge is -2.11. The SMILES string of the molecule is Cc1cc(OC(F)F)ccc1NC(=O)CCn1nc(C)c([N+](=O)[O-])c1C. The first-order valence-corrected chi connectivity index (χ1v) is 7.72. The van der Waals surface area contributed by atoms with E-state index in [2.05, 4.69) is 15.2 Å². The Morgan fingerprint density at radius 1 is 1.38 bits per heavy atom. The minimum Gasteiger partial charge on any atom is -0.435 e. The van der Waals surface area contributed by atoms with Crippen molar-refractivity contribution in [3.05, 3.63) is 45.3 Å². The Morgan fingerprint density at radius 3 is 2.62 bits per heavy atom. The standard InChI is InChI=1S/C16H18F2N4O4/c1-9-8-12(26-16(17)18)4-5-13(9)19-14(23)6-7-21-11(3)15(22(24)25)10(2)20-21/h4-5,8,16H,6-7H2,1-3H3,(H,19,23). The highest BCUT2D eigenvalue weighted by Gasteiger charge is 2.21. The topological polar surface area (TPSA) is 99.3 Å². The first-order chi connectivity index (χ1) is 12.2. The number of aryl methyl sites for hydroxylation is 3. The summed E-state index contributed by atoms with van der Waals surface area (Å²) in [7, 11) is 0. The van der Waals surface area contributed by atoms with Gasteiger partial charge in [-0.2, -0.15) is 13.9 Å². The number of amides is 1. The summed E-state index contributed by atoms with van der Waals surface area (Å²) in [6.07, 6.45) is 0.0494. The van der Waals surface area contributed by atoms with Crippen LogP contribution in [0.1, 0.15) is 23.4 Å². The first-order valence-electron chi connectivity index (χ1n) is 7.72. The number of hydrogen-bond donors (Lipinski definition) is 1. The number of hydrogen-bond acceptors (Lipinski definition) is 5. The number of anilines is 1. The number of alkyl halides is 2. The summed E-state index contributed by atoms with van der Waals surface area (Å²) in [4.78, 5) is 22.6. The number of carbonyl (C=O) groups is 1. The molecule has 8 nitrogen and oxygen atoms in total. The number of halogens is 2. The predicted molar refractivity (Wildman–Crippen MR) is 89.4 cm³/mol. The number of nitrogens with zero attached hydrogens (tertiary/aromatic N) is 3. The molecular weight excluding hydrogens is 350 g/mol. The molecule has 2 rings (SSSR count). The molecule has 0 unspecified atom stereocenters. The van der Waals surface area contributed by atoms with Gasteiger partial charge in [-0.05, 0) is 44.5 Å². The average molecular weight is 368 g/mol. The summed E-state index contributed by atoms with van der Waals surface area (Å²) < 4.78 is 30.1. The van der Waals surface area contributed by atoms with Crippen LogP contribution in [0.4, 0.5) is 20.2 Å². The molecule has 1 aromatic heterocycles. The van der Waals surface area contributed by atoms with E-state index in [-0.39, 0.29) is 30.3 Å². The summed E-state index contributed by atoms with van der Waals surface area (Å²) >= 11 is 0. The van der Waals surface area contributed by atoms with Crippen molar-refractivity contribution in [3.8, 4) is 5.75 Å². The van der Waals surface area contributed by atoms with Crippen molar-refractivity contribution in [3.63, 3.8) is 0 Å². The van der Waals surface area contributed by atoms with E-state index >= 15 is 0 Å². The number of ether oxygens (including phenoxy) is 1. The molecule has 1 aromatic carbocycles. The molecular formula is C16H18F2N4O4. The Hall–Kier alpha value is -3.04. The zero-order valence-electron chi connectivity index (χ0n) is 14.5. The summed E-state index contributed by atoms with van der Waals surface area (Å²) in [6, 6.07) is 4.20. The van der Waals surface area contributed by atoms with Gasteiger partial charge < -0.3 is 10.1 Å². The molecule has 0 spiro atoms. The fourth-order valence-electron chi connectivity index (χ4n) is 2.54. The highest BCUT2D eigenvalue weighted by atomic mass is 19.3. The van der Waals surface area contributed by atoms with Crippen molar-refractivity contribution in [2.45, 2.75) is 40.3 Å². The van der Waals surface area contributed by atoms with Crippen molar-refractivity contribution >= 4 is 17.3 Å². The second kappa shape index (κ2) is 7.89. The highest BCUT2D eigenvalue weighted by molar-refractivity contribution is 5.91. The van der Waals surface area contributed by atoms with Crippen LogP contribution in [-0.2, 0) is 11.3 Å². The molecule has 0 radical (unpaired) electrons. The average Bonchev–Trinajstić information content (AvgIpc) is 2.81. The van der Waals surface area contributed by atoms with Gasteiger partial charge in [-0.15, -0.1) is 0 Å². The lowest BCUT2D eigenvalue weighted by Crippen LogP contribution is -2.16. The molecule has 26 heavy (non-hydrogen) atoms. The van der Waals surface area contributed by atoms with Gasteiger partial charge in [-0.1, -0.05) is 0 Å². The van der Waals surface area contributed by atoms with Gasteiger partial charge in [0.25, 0.3) is 0 Å². The van der Waals surface area contributed by atoms with Gasteiger partial charge in [0.15, 0.2) is 0 Å². The van der Waals surface area contributed by atoms with E-state index in [0.717, 1.165) is 0 Å². The van der Waals surface area contributed by atoms with Crippen molar-refractivity contribution in [2.24, 2.45) is 0 Å². The molecule has 0 aliphatic carbocycles. The molecule has 0 fully saturated rings. The number of benzene rings is 1. The molecule has 1 amide bonds. The zero-order chi connectivity index (χ0) is 19.4. The molecule has 0 atom stereocenters. The number of nitrogens with one attached hydrogen (secondary N) is 1. The molecule has 10 heteroatoms. The van der Waals surface area contributed by atoms with Gasteiger partial charge in [0.2, 0.25) is 5.91 Å². The van der Waals surface area contributed by atoms with Gasteiger partial charge >= 0.3 is 12.3 Å². The first kappa shape index (κ1) is 19.3. The maximum absolute atomic E-state index is 12.2. The third kappa shape index (κ3) is 4.52. The molecule has 0 aliphatic heterocycles. The van der Waals surface area contributed by atoms with Gasteiger partial charge in [0, 0.05) is 12.1 Å². The number of nitro groups is 1. The smallest absolute Gasteiger partial charge is 0.387 e. The lowest BCUT2D eigenvalue weighted by atomic mass is 10.2. The number of aromatic nitrogens is 2. The van der Waals surface area contributed by atoms with E-state index in [1.165, 1.54) is 29.8 Å². The van der Waals surface area contributed by atoms with Crippen LogP contribution >= 0.6 is 0 Å². The van der Waals surface area contributed by atoms with Crippen LogP contribution in [0.3, 0.4) is 0 Å². The van der Waals surface area contributed by atoms with Crippen LogP contribution in [-0.4, -0.2) is 27.2 Å². The fraction of sp³-hybridized carbons (Fsp3) is 0.375. The Kier molecular flexibility index (Phi) is 5.86. The number of rotatable bonds is 7. The van der Waals surface area contributed by atoms with Crippen LogP contribution in [0.2, 0.25) is 0 Å². The zero-order valence-corrected chi connectivity index (χ0v) is 14.5. The summed E-state index contributed by atoms with van der Waals surface area (Å²) in [5, 5.41) is 17.7. The fourth-order valence-corrected chi connectivity index (χ4v) is 2.54. The van der Waals surface area contributed by atoms with Crippen LogP contribution in [0.5, 0.6) is 5.75 Å². The summed E-state index contributed by atoms with van der Waals surface area (Å²) in [5.41, 5.74) is 1.65. The Labute approximate surface area is 147 Å². The van der Waals surface area contributed by atoms with Gasteiger partial charge in [0.05, 0.1) is 11.5 Å². The molecule has 0 saturated heterocycles. The van der Waals surface area contributed by atoms with E-state index in [0.29, 0.717) is 22.6 Å². The third-order valence-corrected chi connectivity index (χ3v) is 3.77. The van der Waals surface area contributed by atoms with Gasteiger partial charge in [0.1, 0.15) is 17.1 Å². The van der Waals surface area contributed by atoms with Crippen LogP contribution in [0.15, 0.2) is 18.2 Å². The molecule has 1 heterocycles. The Morgan fingerprint density at radius 2 is 2.08 bits per heavy atom. The minimum absolute atomic E-state index is 0.00505. The Balaban J connectivity index is 1.99. The van der Waals surface area contributed by atoms with Crippen molar-refractivity contribution < 1.29 is 23.2 Å². The maximum atomic E-state index is 12.2. The van der Waals surface area contributed by atoms with Crippen molar-refractivity contribution in [1.29, 1.82) is 0 Å². The van der Waals surface area contributed by atoms with E-state index in [4.69, 9.17) is 0 Å². The molecule has 1 N–H and O–H groups in total. The molecule has 2 aromatic rings. The normalized spacial score (nSPS) is 10.8. The molecule has 140 valence electrons. The van der Waals surface area contributed by atoms with E-state index in [9.17, 15) is 23.7 Å². The van der Waals surface area contributed by atoms with E-state index in [1.807, 2.05) is 0 Å². The molecule has 0 saturated carbocycles. The summed E-state index contributed by atoms with van der Waals surface area (Å²) in [6.45, 7) is 2.02. The third-order valence-electron chi connectivity index (χ3n) is 3.77. The highest BCUT2D eigenvalue weighted by Crippen LogP contribution is 2.24. The number of carbonyl (C=O) groups excluding carboxylic acids is 1. The largest absolute Gasteiger partial charge is 0.435 e. The van der Waals surface area contributed by atoms with Crippen LogP contribution in [0, 0.1) is 30.9 Å². The lowest BCUT2D eigenvalue weighted by molar-refractivity contribution is -0.386. The molecule has 0 aliphatic rings. The molecule has 0 bridgehead atoms. The second-order valence-corrected chi connectivity index (χ2v) is 5.65. The monoisotopic (exact) mass is 368 g/mol. The van der Waals surface area contributed by atoms with E-state index in [1.54, 1.807) is 13.8 Å². The predicted octanol–water partition coefficient (Wildman–Crippen LogP) is 3.35. The quantitative estimate of drug-likeness (QED) is 0.597. The maximum Gasteiger partial charge on any atom is 0.387 e. The van der Waals surface area contributed by atoms with Gasteiger partial charge in [-0.25, -0.2) is 0 Å². The summed E-state index contributed by atoms with van der Waals surface area (Å²) in [5.74, 6) is -0.323.